The topological polar surface area (TPSA) is 61.8 Å². The first-order chi connectivity index (χ1) is 19.4. The second-order valence-corrected chi connectivity index (χ2v) is 11.9. The fourth-order valence-electron chi connectivity index (χ4n) is 6.60. The number of aromatic nitrogens is 2. The van der Waals surface area contributed by atoms with E-state index in [2.05, 4.69) is 54.6 Å². The summed E-state index contributed by atoms with van der Waals surface area (Å²) in [6.07, 6.45) is 8.31. The summed E-state index contributed by atoms with van der Waals surface area (Å²) in [6, 6.07) is 11.5. The summed E-state index contributed by atoms with van der Waals surface area (Å²) >= 11 is 7.04. The van der Waals surface area contributed by atoms with E-state index in [-0.39, 0.29) is 11.9 Å². The molecule has 7 nitrogen and oxygen atoms in total. The lowest BCUT2D eigenvalue weighted by Crippen LogP contribution is -2.53. The molecule has 2 atom stereocenters. The van der Waals surface area contributed by atoms with Crippen LogP contribution in [0.15, 0.2) is 43.0 Å². The van der Waals surface area contributed by atoms with E-state index in [0.29, 0.717) is 43.3 Å². The predicted molar refractivity (Wildman–Crippen MR) is 161 cm³/mol. The maximum Gasteiger partial charge on any atom is 0.319 e. The molecule has 2 aliphatic heterocycles. The number of carbonyl (C=O) groups is 1. The minimum Gasteiger partial charge on any atom is -0.462 e. The van der Waals surface area contributed by atoms with Gasteiger partial charge in [0.2, 0.25) is 5.91 Å². The molecule has 1 amide bonds. The van der Waals surface area contributed by atoms with E-state index < -0.39 is 0 Å². The van der Waals surface area contributed by atoms with E-state index in [1.807, 2.05) is 11.0 Å². The zero-order chi connectivity index (χ0) is 27.8. The summed E-state index contributed by atoms with van der Waals surface area (Å²) in [5, 5.41) is 1.60. The predicted octanol–water partition coefficient (Wildman–Crippen LogP) is 5.53. The lowest BCUT2D eigenvalue weighted by atomic mass is 9.86. The number of nitrogens with zero attached hydrogens (tertiary/aromatic N) is 5. The van der Waals surface area contributed by atoms with E-state index >= 15 is 0 Å². The van der Waals surface area contributed by atoms with Crippen molar-refractivity contribution >= 4 is 34.2 Å². The van der Waals surface area contributed by atoms with Gasteiger partial charge in [0, 0.05) is 47.7 Å². The summed E-state index contributed by atoms with van der Waals surface area (Å²) < 4.78 is 6.28. The molecule has 2 unspecified atom stereocenters. The summed E-state index contributed by atoms with van der Waals surface area (Å²) in [6.45, 7) is 9.29. The second kappa shape index (κ2) is 11.4. The molecule has 0 bridgehead atoms. The van der Waals surface area contributed by atoms with E-state index in [9.17, 15) is 4.79 Å². The maximum atomic E-state index is 12.3. The number of likely N-dealkylation sites (tertiary alicyclic amines) is 1. The zero-order valence-electron chi connectivity index (χ0n) is 23.5. The molecule has 8 heteroatoms. The molecular weight excluding hydrogens is 522 g/mol. The van der Waals surface area contributed by atoms with E-state index in [1.165, 1.54) is 42.0 Å². The number of likely N-dealkylation sites (N-methyl/N-ethyl adjacent to an activating group) is 1. The van der Waals surface area contributed by atoms with Crippen molar-refractivity contribution < 1.29 is 9.53 Å². The largest absolute Gasteiger partial charge is 0.462 e. The summed E-state index contributed by atoms with van der Waals surface area (Å²) in [4.78, 5) is 28.6. The summed E-state index contributed by atoms with van der Waals surface area (Å²) in [5.74, 6) is 0.768. The molecule has 0 N–H and O–H groups in total. The fraction of sp³-hybridized carbons (Fsp3) is 0.469. The Labute approximate surface area is 241 Å². The van der Waals surface area contributed by atoms with Gasteiger partial charge in [-0.1, -0.05) is 36.4 Å². The van der Waals surface area contributed by atoms with Crippen LogP contribution in [0.3, 0.4) is 0 Å². The SMILES string of the molecule is C=CC(=O)N1CCN(c2nc(OCC3CCCN3C)nc3cc(-c4cccc5c4CCCC5)c(Cl)cc23)C(C)C1. The highest BCUT2D eigenvalue weighted by molar-refractivity contribution is 6.34. The average Bonchev–Trinajstić information content (AvgIpc) is 3.39. The number of hydrogen-bond acceptors (Lipinski definition) is 6. The molecule has 0 saturated carbocycles. The third-order valence-corrected chi connectivity index (χ3v) is 9.20. The van der Waals surface area contributed by atoms with Crippen molar-refractivity contribution in [2.75, 3.05) is 44.7 Å². The third-order valence-electron chi connectivity index (χ3n) is 8.89. The van der Waals surface area contributed by atoms with Gasteiger partial charge in [-0.2, -0.15) is 9.97 Å². The smallest absolute Gasteiger partial charge is 0.319 e. The number of rotatable bonds is 6. The molecular formula is C32H38ClN5O2. The van der Waals surface area contributed by atoms with Crippen LogP contribution in [-0.2, 0) is 17.6 Å². The van der Waals surface area contributed by atoms with Crippen LogP contribution in [0.5, 0.6) is 6.01 Å². The molecule has 3 aromatic rings. The summed E-state index contributed by atoms with van der Waals surface area (Å²) in [7, 11) is 2.15. The van der Waals surface area contributed by atoms with Crippen LogP contribution < -0.4 is 9.64 Å². The van der Waals surface area contributed by atoms with Crippen molar-refractivity contribution in [3.63, 3.8) is 0 Å². The molecule has 0 spiro atoms. The van der Waals surface area contributed by atoms with E-state index in [0.717, 1.165) is 48.1 Å². The Morgan fingerprint density at radius 1 is 1.12 bits per heavy atom. The van der Waals surface area contributed by atoms with Crippen molar-refractivity contribution in [1.82, 2.24) is 19.8 Å². The molecule has 1 aromatic heterocycles. The van der Waals surface area contributed by atoms with E-state index in [1.54, 1.807) is 0 Å². The van der Waals surface area contributed by atoms with Crippen LogP contribution >= 0.6 is 11.6 Å². The number of anilines is 1. The van der Waals surface area contributed by atoms with Gasteiger partial charge in [-0.3, -0.25) is 4.79 Å². The maximum absolute atomic E-state index is 12.3. The highest BCUT2D eigenvalue weighted by Gasteiger charge is 2.29. The van der Waals surface area contributed by atoms with Crippen LogP contribution in [0, 0.1) is 0 Å². The Morgan fingerprint density at radius 3 is 2.75 bits per heavy atom. The van der Waals surface area contributed by atoms with Crippen LogP contribution in [0.2, 0.25) is 5.02 Å². The number of halogens is 1. The minimum absolute atomic E-state index is 0.0392. The first-order valence-corrected chi connectivity index (χ1v) is 14.9. The van der Waals surface area contributed by atoms with Gasteiger partial charge in [0.25, 0.3) is 0 Å². The number of fused-ring (bicyclic) bond motifs is 2. The zero-order valence-corrected chi connectivity index (χ0v) is 24.3. The molecule has 3 aliphatic rings. The molecule has 40 heavy (non-hydrogen) atoms. The number of amides is 1. The average molecular weight is 560 g/mol. The molecule has 2 aromatic carbocycles. The Bertz CT molecular complexity index is 1440. The van der Waals surface area contributed by atoms with Gasteiger partial charge in [0.1, 0.15) is 12.4 Å². The van der Waals surface area contributed by atoms with Crippen LogP contribution in [0.4, 0.5) is 5.82 Å². The standard InChI is InChI=1S/C32H38ClN5O2/c1-4-30(39)37-15-16-38(21(2)19-37)31-27-17-28(33)26(25-13-7-10-22-9-5-6-12-24(22)25)18-29(27)34-32(35-31)40-20-23-11-8-14-36(23)3/h4,7,10,13,17-18,21,23H,1,5-6,8-9,11-12,14-16,19-20H2,2-3H3. The first-order valence-electron chi connectivity index (χ1n) is 14.6. The highest BCUT2D eigenvalue weighted by atomic mass is 35.5. The molecule has 210 valence electrons. The van der Waals surface area contributed by atoms with Crippen LogP contribution in [0.1, 0.15) is 43.7 Å². The number of ether oxygens (including phenoxy) is 1. The number of piperazine rings is 1. The normalized spacial score (nSPS) is 21.5. The van der Waals surface area contributed by atoms with Crippen molar-refractivity contribution in [2.24, 2.45) is 0 Å². The van der Waals surface area contributed by atoms with Gasteiger partial charge in [-0.25, -0.2) is 0 Å². The second-order valence-electron chi connectivity index (χ2n) is 11.4. The summed E-state index contributed by atoms with van der Waals surface area (Å²) in [5.41, 5.74) is 5.86. The van der Waals surface area contributed by atoms with Gasteiger partial charge in [0.05, 0.1) is 5.52 Å². The lowest BCUT2D eigenvalue weighted by molar-refractivity contribution is -0.126. The van der Waals surface area contributed by atoms with Crippen LogP contribution in [0.25, 0.3) is 22.0 Å². The molecule has 3 heterocycles. The van der Waals surface area contributed by atoms with Gasteiger partial charge in [0.15, 0.2) is 0 Å². The highest BCUT2D eigenvalue weighted by Crippen LogP contribution is 2.40. The van der Waals surface area contributed by atoms with Gasteiger partial charge in [-0.05, 0) is 93.9 Å². The first kappa shape index (κ1) is 27.0. The Hall–Kier alpha value is -3.16. The van der Waals surface area contributed by atoms with Gasteiger partial charge < -0.3 is 19.4 Å². The minimum atomic E-state index is -0.0392. The molecule has 2 saturated heterocycles. The van der Waals surface area contributed by atoms with Gasteiger partial charge in [-0.15, -0.1) is 0 Å². The Kier molecular flexibility index (Phi) is 7.69. The number of benzene rings is 2. The van der Waals surface area contributed by atoms with Crippen LogP contribution in [-0.4, -0.2) is 77.6 Å². The Balaban J connectivity index is 1.42. The lowest BCUT2D eigenvalue weighted by Gasteiger charge is -2.40. The quantitative estimate of drug-likeness (QED) is 0.370. The van der Waals surface area contributed by atoms with Crippen molar-refractivity contribution in [1.29, 1.82) is 0 Å². The molecule has 2 fully saturated rings. The van der Waals surface area contributed by atoms with Crippen molar-refractivity contribution in [3.05, 3.63) is 59.1 Å². The molecule has 1 aliphatic carbocycles. The Morgan fingerprint density at radius 2 is 1.98 bits per heavy atom. The fourth-order valence-corrected chi connectivity index (χ4v) is 6.86. The van der Waals surface area contributed by atoms with Crippen molar-refractivity contribution in [3.8, 4) is 17.1 Å². The number of aryl methyl sites for hydroxylation is 1. The molecule has 6 rings (SSSR count). The van der Waals surface area contributed by atoms with Gasteiger partial charge >= 0.3 is 6.01 Å². The van der Waals surface area contributed by atoms with Crippen molar-refractivity contribution in [2.45, 2.75) is 57.5 Å². The third kappa shape index (κ3) is 5.17. The van der Waals surface area contributed by atoms with E-state index in [4.69, 9.17) is 26.3 Å². The monoisotopic (exact) mass is 559 g/mol. The number of carbonyl (C=O) groups excluding carboxylic acids is 1. The number of hydrogen-bond donors (Lipinski definition) is 0. The molecule has 0 radical (unpaired) electrons.